The fourth-order valence-corrected chi connectivity index (χ4v) is 3.47. The smallest absolute Gasteiger partial charge is 0.258 e. The van der Waals surface area contributed by atoms with Gasteiger partial charge in [-0.2, -0.15) is 0 Å². The molecule has 1 aliphatic carbocycles. The predicted molar refractivity (Wildman–Crippen MR) is 110 cm³/mol. The van der Waals surface area contributed by atoms with Crippen molar-refractivity contribution >= 4 is 35.1 Å². The van der Waals surface area contributed by atoms with Gasteiger partial charge < -0.3 is 0 Å². The molecule has 0 unspecified atom stereocenters. The van der Waals surface area contributed by atoms with Gasteiger partial charge in [0.2, 0.25) is 0 Å². The van der Waals surface area contributed by atoms with E-state index in [1.165, 1.54) is 24.3 Å². The van der Waals surface area contributed by atoms with Gasteiger partial charge in [0, 0.05) is 16.2 Å². The van der Waals surface area contributed by atoms with Gasteiger partial charge in [-0.15, -0.1) is 0 Å². The van der Waals surface area contributed by atoms with E-state index in [-0.39, 0.29) is 11.5 Å². The van der Waals surface area contributed by atoms with E-state index >= 15 is 0 Å². The van der Waals surface area contributed by atoms with Crippen LogP contribution in [0.15, 0.2) is 60.7 Å². The molecule has 5 heteroatoms. The van der Waals surface area contributed by atoms with Crippen molar-refractivity contribution in [3.63, 3.8) is 0 Å². The predicted octanol–water partition coefficient (Wildman–Crippen LogP) is 5.41. The minimum Gasteiger partial charge on any atom is -0.288 e. The Morgan fingerprint density at radius 2 is 1.61 bits per heavy atom. The second kappa shape index (κ2) is 8.98. The maximum atomic E-state index is 13.3. The lowest BCUT2D eigenvalue weighted by atomic mass is 9.97. The van der Waals surface area contributed by atoms with Crippen LogP contribution in [0.2, 0.25) is 5.02 Å². The lowest BCUT2D eigenvalue weighted by Gasteiger charge is -2.14. The van der Waals surface area contributed by atoms with Crippen LogP contribution in [-0.4, -0.2) is 11.8 Å². The number of imide groups is 1. The number of hydrogen-bond donors (Lipinski definition) is 1. The van der Waals surface area contributed by atoms with E-state index in [1.54, 1.807) is 30.3 Å². The van der Waals surface area contributed by atoms with Gasteiger partial charge in [-0.25, -0.2) is 4.39 Å². The lowest BCUT2D eigenvalue weighted by Crippen LogP contribution is -2.33. The van der Waals surface area contributed by atoms with Crippen molar-refractivity contribution in [2.75, 3.05) is 0 Å². The molecular weight excluding hydrogens is 377 g/mol. The molecule has 0 aliphatic heterocycles. The number of nitrogens with one attached hydrogen (secondary N) is 1. The largest absolute Gasteiger partial charge is 0.288 e. The van der Waals surface area contributed by atoms with E-state index in [4.69, 9.17) is 11.6 Å². The molecular formula is C23H21ClFNO2. The van der Waals surface area contributed by atoms with E-state index in [1.807, 2.05) is 0 Å². The van der Waals surface area contributed by atoms with Crippen LogP contribution < -0.4 is 5.32 Å². The summed E-state index contributed by atoms with van der Waals surface area (Å²) >= 11 is 5.92. The summed E-state index contributed by atoms with van der Waals surface area (Å²) in [6.45, 7) is 3.88. The van der Waals surface area contributed by atoms with Gasteiger partial charge in [0.25, 0.3) is 11.8 Å². The summed E-state index contributed by atoms with van der Waals surface area (Å²) in [4.78, 5) is 25.4. The van der Waals surface area contributed by atoms with Crippen LogP contribution in [0.4, 0.5) is 4.39 Å². The van der Waals surface area contributed by atoms with E-state index < -0.39 is 17.6 Å². The maximum Gasteiger partial charge on any atom is 0.258 e. The van der Waals surface area contributed by atoms with Crippen molar-refractivity contribution in [1.29, 1.82) is 0 Å². The van der Waals surface area contributed by atoms with Crippen molar-refractivity contribution < 1.29 is 14.0 Å². The van der Waals surface area contributed by atoms with Gasteiger partial charge in [0.1, 0.15) is 5.82 Å². The van der Waals surface area contributed by atoms with Crippen LogP contribution >= 0.6 is 11.6 Å². The monoisotopic (exact) mass is 397 g/mol. The summed E-state index contributed by atoms with van der Waals surface area (Å²) in [5, 5.41) is 3.01. The zero-order chi connectivity index (χ0) is 20.1. The van der Waals surface area contributed by atoms with E-state index in [2.05, 4.69) is 11.9 Å². The summed E-state index contributed by atoms with van der Waals surface area (Å²) in [7, 11) is 0. The van der Waals surface area contributed by atoms with Crippen LogP contribution in [0.3, 0.4) is 0 Å². The first-order valence-corrected chi connectivity index (χ1v) is 9.59. The average Bonchev–Trinajstić information content (AvgIpc) is 3.22. The number of halogens is 2. The number of benzene rings is 2. The van der Waals surface area contributed by atoms with E-state index in [9.17, 15) is 14.0 Å². The first-order valence-electron chi connectivity index (χ1n) is 9.22. The Bertz CT molecular complexity index is 911. The van der Waals surface area contributed by atoms with Gasteiger partial charge in [-0.05, 0) is 60.2 Å². The van der Waals surface area contributed by atoms with Crippen LogP contribution in [0, 0.1) is 11.7 Å². The summed E-state index contributed by atoms with van der Waals surface area (Å²) < 4.78 is 13.3. The van der Waals surface area contributed by atoms with Crippen molar-refractivity contribution in [3.8, 4) is 0 Å². The minimum atomic E-state index is -0.550. The molecule has 0 aromatic heterocycles. The molecule has 1 saturated carbocycles. The van der Waals surface area contributed by atoms with Crippen LogP contribution in [-0.2, 0) is 9.59 Å². The van der Waals surface area contributed by atoms with Gasteiger partial charge in [-0.3, -0.25) is 14.9 Å². The van der Waals surface area contributed by atoms with Gasteiger partial charge in [0.15, 0.2) is 0 Å². The van der Waals surface area contributed by atoms with Gasteiger partial charge in [0.05, 0.1) is 0 Å². The Labute approximate surface area is 168 Å². The van der Waals surface area contributed by atoms with Crippen molar-refractivity contribution in [2.24, 2.45) is 5.92 Å². The highest BCUT2D eigenvalue weighted by Gasteiger charge is 2.25. The van der Waals surface area contributed by atoms with Crippen LogP contribution in [0.5, 0.6) is 0 Å². The third kappa shape index (κ3) is 4.96. The molecule has 28 heavy (non-hydrogen) atoms. The van der Waals surface area contributed by atoms with Crippen LogP contribution in [0.25, 0.3) is 11.6 Å². The molecule has 3 rings (SSSR count). The number of carbonyl (C=O) groups is 2. The molecule has 0 bridgehead atoms. The second-order valence-electron chi connectivity index (χ2n) is 6.91. The number of rotatable bonds is 5. The zero-order valence-corrected chi connectivity index (χ0v) is 16.1. The van der Waals surface area contributed by atoms with Crippen molar-refractivity contribution in [1.82, 2.24) is 5.32 Å². The molecule has 0 heterocycles. The molecule has 0 spiro atoms. The minimum absolute atomic E-state index is 0.127. The van der Waals surface area contributed by atoms with Crippen molar-refractivity contribution in [2.45, 2.75) is 25.7 Å². The second-order valence-corrected chi connectivity index (χ2v) is 7.34. The first-order chi connectivity index (χ1) is 13.4. The Kier molecular flexibility index (Phi) is 6.42. The molecule has 3 nitrogen and oxygen atoms in total. The Balaban J connectivity index is 1.86. The fraction of sp³-hybridized carbons (Fsp3) is 0.217. The fourth-order valence-electron chi connectivity index (χ4n) is 3.35. The molecule has 0 atom stereocenters. The lowest BCUT2D eigenvalue weighted by molar-refractivity contribution is -0.125. The SMILES string of the molecule is C=C(C(=O)NC(=O)/C(=C/c1ccc(Cl)cc1)c1ccc(F)cc1)C1CCCC1. The van der Waals surface area contributed by atoms with E-state index in [0.29, 0.717) is 16.2 Å². The van der Waals surface area contributed by atoms with E-state index in [0.717, 1.165) is 31.2 Å². The average molecular weight is 398 g/mol. The molecule has 144 valence electrons. The molecule has 2 amide bonds. The maximum absolute atomic E-state index is 13.3. The highest BCUT2D eigenvalue weighted by atomic mass is 35.5. The Morgan fingerprint density at radius 1 is 1.00 bits per heavy atom. The third-order valence-electron chi connectivity index (χ3n) is 4.95. The number of carbonyl (C=O) groups excluding carboxylic acids is 2. The molecule has 1 N–H and O–H groups in total. The van der Waals surface area contributed by atoms with Gasteiger partial charge in [-0.1, -0.05) is 55.3 Å². The van der Waals surface area contributed by atoms with Crippen molar-refractivity contribution in [3.05, 3.63) is 82.6 Å². The zero-order valence-electron chi connectivity index (χ0n) is 15.4. The highest BCUT2D eigenvalue weighted by Crippen LogP contribution is 2.30. The highest BCUT2D eigenvalue weighted by molar-refractivity contribution is 6.31. The summed E-state index contributed by atoms with van der Waals surface area (Å²) in [5.74, 6) is -1.28. The van der Waals surface area contributed by atoms with Crippen LogP contribution in [0.1, 0.15) is 36.8 Å². The molecule has 0 saturated heterocycles. The summed E-state index contributed by atoms with van der Waals surface area (Å²) in [6, 6.07) is 12.5. The summed E-state index contributed by atoms with van der Waals surface area (Å²) in [6.07, 6.45) is 5.63. The summed E-state index contributed by atoms with van der Waals surface area (Å²) in [5.41, 5.74) is 1.94. The standard InChI is InChI=1S/C23H21ClFNO2/c1-15(17-4-2-3-5-17)22(27)26-23(28)21(18-8-12-20(25)13-9-18)14-16-6-10-19(24)11-7-16/h6-14,17H,1-5H2,(H,26,27,28)/b21-14+. The Hall–Kier alpha value is -2.72. The quantitative estimate of drug-likeness (QED) is 0.541. The molecule has 1 fully saturated rings. The Morgan fingerprint density at radius 3 is 2.21 bits per heavy atom. The normalized spacial score (nSPS) is 14.7. The molecule has 0 radical (unpaired) electrons. The topological polar surface area (TPSA) is 46.2 Å². The number of amides is 2. The molecule has 1 aliphatic rings. The molecule has 2 aromatic carbocycles. The van der Waals surface area contributed by atoms with Gasteiger partial charge >= 0.3 is 0 Å². The first kappa shape index (κ1) is 20.0. The molecule has 2 aromatic rings. The number of hydrogen-bond acceptors (Lipinski definition) is 2. The third-order valence-corrected chi connectivity index (χ3v) is 5.20.